The number of hydrogen-bond acceptors (Lipinski definition) is 5. The number of carbonyl (C=O) groups excluding carboxylic acids is 1. The molecule has 0 spiro atoms. The van der Waals surface area contributed by atoms with Gasteiger partial charge in [0.2, 0.25) is 5.91 Å². The third-order valence-corrected chi connectivity index (χ3v) is 4.47. The van der Waals surface area contributed by atoms with Gasteiger partial charge in [-0.15, -0.1) is 0 Å². The second-order valence-corrected chi connectivity index (χ2v) is 7.31. The lowest BCUT2D eigenvalue weighted by Gasteiger charge is -2.13. The van der Waals surface area contributed by atoms with Crippen molar-refractivity contribution in [1.82, 2.24) is 5.43 Å². The van der Waals surface area contributed by atoms with Gasteiger partial charge < -0.3 is 14.6 Å². The maximum Gasteiger partial charge on any atom is 0.341 e. The van der Waals surface area contributed by atoms with Crippen molar-refractivity contribution in [1.29, 1.82) is 0 Å². The van der Waals surface area contributed by atoms with E-state index in [0.717, 1.165) is 10.0 Å². The van der Waals surface area contributed by atoms with Crippen LogP contribution in [0, 0.1) is 0 Å². The zero-order valence-electron chi connectivity index (χ0n) is 14.9. The summed E-state index contributed by atoms with van der Waals surface area (Å²) in [6.45, 7) is 1.69. The molecule has 0 saturated heterocycles. The number of hydrazone groups is 1. The van der Waals surface area contributed by atoms with Gasteiger partial charge in [0.1, 0.15) is 0 Å². The van der Waals surface area contributed by atoms with E-state index in [2.05, 4.69) is 42.4 Å². The average Bonchev–Trinajstić information content (AvgIpc) is 2.63. The number of halogens is 2. The van der Waals surface area contributed by atoms with Crippen LogP contribution in [0.5, 0.6) is 11.5 Å². The topological polar surface area (TPSA) is 97.2 Å². The van der Waals surface area contributed by atoms with Crippen LogP contribution in [0.3, 0.4) is 0 Å². The van der Waals surface area contributed by atoms with E-state index in [1.807, 2.05) is 24.3 Å². The number of carboxylic acids is 1. The third-order valence-electron chi connectivity index (χ3n) is 3.35. The van der Waals surface area contributed by atoms with Crippen molar-refractivity contribution in [2.24, 2.45) is 5.10 Å². The molecule has 0 aliphatic carbocycles. The van der Waals surface area contributed by atoms with Crippen molar-refractivity contribution in [2.45, 2.75) is 13.3 Å². The molecule has 9 heteroatoms. The second-order valence-electron chi connectivity index (χ2n) is 5.54. The maximum atomic E-state index is 12.0. The summed E-state index contributed by atoms with van der Waals surface area (Å²) in [5.74, 6) is -0.668. The predicted octanol–water partition coefficient (Wildman–Crippen LogP) is 3.77. The number of ether oxygens (including phenoxy) is 2. The molecule has 0 radical (unpaired) electrons. The number of aliphatic carboxylic acids is 1. The number of carbonyl (C=O) groups is 2. The average molecular weight is 514 g/mol. The van der Waals surface area contributed by atoms with Gasteiger partial charge in [0, 0.05) is 4.47 Å². The molecule has 0 bridgehead atoms. The van der Waals surface area contributed by atoms with Crippen LogP contribution in [-0.2, 0) is 16.0 Å². The van der Waals surface area contributed by atoms with Crippen molar-refractivity contribution in [3.63, 3.8) is 0 Å². The van der Waals surface area contributed by atoms with Gasteiger partial charge in [0.05, 0.1) is 23.7 Å². The van der Waals surface area contributed by atoms with Gasteiger partial charge in [-0.25, -0.2) is 10.2 Å². The molecule has 0 aromatic heterocycles. The molecule has 0 unspecified atom stereocenters. The highest BCUT2D eigenvalue weighted by molar-refractivity contribution is 9.10. The number of nitrogens with one attached hydrogen (secondary N) is 1. The predicted molar refractivity (Wildman–Crippen MR) is 112 cm³/mol. The van der Waals surface area contributed by atoms with Crippen molar-refractivity contribution in [3.05, 3.63) is 56.5 Å². The van der Waals surface area contributed by atoms with E-state index < -0.39 is 12.6 Å². The summed E-state index contributed by atoms with van der Waals surface area (Å²) < 4.78 is 12.2. The molecule has 2 N–H and O–H groups in total. The fourth-order valence-corrected chi connectivity index (χ4v) is 3.04. The highest BCUT2D eigenvalue weighted by Gasteiger charge is 2.13. The Morgan fingerprint density at radius 3 is 2.54 bits per heavy atom. The van der Waals surface area contributed by atoms with E-state index in [9.17, 15) is 9.59 Å². The number of benzene rings is 2. The van der Waals surface area contributed by atoms with Gasteiger partial charge in [-0.1, -0.05) is 28.1 Å². The Labute approximate surface area is 179 Å². The third kappa shape index (κ3) is 6.97. The number of amides is 1. The molecule has 0 atom stereocenters. The van der Waals surface area contributed by atoms with Gasteiger partial charge in [0.15, 0.2) is 18.1 Å². The Morgan fingerprint density at radius 1 is 1.18 bits per heavy atom. The molecule has 2 aromatic carbocycles. The quantitative estimate of drug-likeness (QED) is 0.393. The molecule has 0 aliphatic rings. The van der Waals surface area contributed by atoms with Crippen molar-refractivity contribution in [2.75, 3.05) is 13.2 Å². The number of carboxylic acid groups (broad SMARTS) is 1. The highest BCUT2D eigenvalue weighted by Crippen LogP contribution is 2.36. The summed E-state index contributed by atoms with van der Waals surface area (Å²) >= 11 is 6.69. The van der Waals surface area contributed by atoms with Crippen LogP contribution >= 0.6 is 31.9 Å². The van der Waals surface area contributed by atoms with Gasteiger partial charge in [-0.05, 0) is 58.2 Å². The smallest absolute Gasteiger partial charge is 0.341 e. The van der Waals surface area contributed by atoms with E-state index in [-0.39, 0.29) is 12.3 Å². The Morgan fingerprint density at radius 2 is 1.89 bits per heavy atom. The summed E-state index contributed by atoms with van der Waals surface area (Å²) in [5.41, 5.74) is 3.99. The lowest BCUT2D eigenvalue weighted by molar-refractivity contribution is -0.139. The van der Waals surface area contributed by atoms with Gasteiger partial charge in [0.25, 0.3) is 0 Å². The van der Waals surface area contributed by atoms with Crippen LogP contribution in [0.1, 0.15) is 18.1 Å². The summed E-state index contributed by atoms with van der Waals surface area (Å²) in [6, 6.07) is 10.8. The van der Waals surface area contributed by atoms with E-state index in [1.54, 1.807) is 19.1 Å². The molecule has 0 heterocycles. The van der Waals surface area contributed by atoms with Crippen molar-refractivity contribution >= 4 is 50.0 Å². The Hall–Kier alpha value is -2.39. The zero-order chi connectivity index (χ0) is 20.5. The molecule has 2 rings (SSSR count). The molecule has 0 fully saturated rings. The summed E-state index contributed by atoms with van der Waals surface area (Å²) in [5, 5.41) is 12.7. The molecular weight excluding hydrogens is 496 g/mol. The fourth-order valence-electron chi connectivity index (χ4n) is 2.21. The van der Waals surface area contributed by atoms with Crippen LogP contribution in [0.2, 0.25) is 0 Å². The summed E-state index contributed by atoms with van der Waals surface area (Å²) in [6.07, 6.45) is 1.67. The number of rotatable bonds is 9. The van der Waals surface area contributed by atoms with E-state index in [4.69, 9.17) is 14.6 Å². The van der Waals surface area contributed by atoms with E-state index in [0.29, 0.717) is 28.1 Å². The fraction of sp³-hybridized carbons (Fsp3) is 0.211. The largest absolute Gasteiger partial charge is 0.490 e. The first-order valence-corrected chi connectivity index (χ1v) is 9.85. The zero-order valence-corrected chi connectivity index (χ0v) is 18.1. The number of hydrogen-bond donors (Lipinski definition) is 2. The molecule has 28 heavy (non-hydrogen) atoms. The van der Waals surface area contributed by atoms with Crippen LogP contribution in [0.15, 0.2) is 50.4 Å². The first-order valence-electron chi connectivity index (χ1n) is 8.26. The van der Waals surface area contributed by atoms with Crippen LogP contribution in [-0.4, -0.2) is 36.4 Å². The van der Waals surface area contributed by atoms with Crippen LogP contribution < -0.4 is 14.9 Å². The van der Waals surface area contributed by atoms with E-state index in [1.165, 1.54) is 6.21 Å². The summed E-state index contributed by atoms with van der Waals surface area (Å²) in [7, 11) is 0. The first-order chi connectivity index (χ1) is 13.4. The molecule has 148 valence electrons. The first kappa shape index (κ1) is 21.9. The van der Waals surface area contributed by atoms with Crippen LogP contribution in [0.4, 0.5) is 0 Å². The number of nitrogens with zero attached hydrogens (tertiary/aromatic N) is 1. The minimum Gasteiger partial charge on any atom is -0.490 e. The van der Waals surface area contributed by atoms with Crippen molar-refractivity contribution < 1.29 is 24.2 Å². The molecule has 0 saturated carbocycles. The maximum absolute atomic E-state index is 12.0. The van der Waals surface area contributed by atoms with Crippen molar-refractivity contribution in [3.8, 4) is 11.5 Å². The highest BCUT2D eigenvalue weighted by atomic mass is 79.9. The summed E-state index contributed by atoms with van der Waals surface area (Å²) in [4.78, 5) is 22.7. The van der Waals surface area contributed by atoms with Gasteiger partial charge >= 0.3 is 5.97 Å². The molecule has 2 aromatic rings. The molecular formula is C19H18Br2N2O5. The normalized spacial score (nSPS) is 10.7. The second kappa shape index (κ2) is 10.8. The van der Waals surface area contributed by atoms with E-state index >= 15 is 0 Å². The SMILES string of the molecule is CCOc1cc(/C=N/NC(=O)Cc2ccc(Br)cc2)cc(Br)c1OCC(=O)O. The lowest BCUT2D eigenvalue weighted by Crippen LogP contribution is -2.19. The Balaban J connectivity index is 2.04. The standard InChI is InChI=1S/C19H18Br2N2O5/c1-2-27-16-8-13(7-15(21)19(16)28-11-18(25)26)10-22-23-17(24)9-12-3-5-14(20)6-4-12/h3-8,10H,2,9,11H2,1H3,(H,23,24)(H,25,26)/b22-10+. The Bertz CT molecular complexity index is 869. The minimum absolute atomic E-state index is 0.209. The van der Waals surface area contributed by atoms with Gasteiger partial charge in [-0.2, -0.15) is 5.10 Å². The monoisotopic (exact) mass is 512 g/mol. The van der Waals surface area contributed by atoms with Gasteiger partial charge in [-0.3, -0.25) is 4.79 Å². The molecule has 7 nitrogen and oxygen atoms in total. The minimum atomic E-state index is -1.09. The molecule has 0 aliphatic heterocycles. The molecule has 1 amide bonds. The van der Waals surface area contributed by atoms with Crippen LogP contribution in [0.25, 0.3) is 0 Å². The lowest BCUT2D eigenvalue weighted by atomic mass is 10.1. The Kier molecular flexibility index (Phi) is 8.46.